The maximum absolute atomic E-state index is 5.52. The first kappa shape index (κ1) is 31.6. The van der Waals surface area contributed by atoms with Crippen molar-refractivity contribution in [2.24, 2.45) is 0 Å². The molecule has 0 atom stereocenters. The van der Waals surface area contributed by atoms with E-state index in [1.54, 1.807) is 0 Å². The monoisotopic (exact) mass is 520 g/mol. The minimum Gasteiger partial charge on any atom is -0.362 e. The summed E-state index contributed by atoms with van der Waals surface area (Å²) in [4.78, 5) is 0. The molecule has 4 nitrogen and oxygen atoms in total. The van der Waals surface area contributed by atoms with Gasteiger partial charge in [-0.25, -0.2) is 0 Å². The number of thiocarbonyl (C=S) groups is 2. The van der Waals surface area contributed by atoms with Gasteiger partial charge in [0.2, 0.25) is 0 Å². The highest BCUT2D eigenvalue weighted by atomic mass is 32.1. The van der Waals surface area contributed by atoms with Gasteiger partial charge in [-0.3, -0.25) is 0 Å². The molecule has 0 bridgehead atoms. The molecule has 1 aromatic carbocycles. The average Bonchev–Trinajstić information content (AvgIpc) is 2.84. The van der Waals surface area contributed by atoms with E-state index in [0.717, 1.165) is 42.9 Å². The largest absolute Gasteiger partial charge is 0.362 e. The molecular formula is C29H52N4S2. The van der Waals surface area contributed by atoms with E-state index < -0.39 is 0 Å². The summed E-state index contributed by atoms with van der Waals surface area (Å²) in [7, 11) is 0. The summed E-state index contributed by atoms with van der Waals surface area (Å²) >= 11 is 11.0. The molecule has 1 aromatic rings. The zero-order valence-corrected chi connectivity index (χ0v) is 24.4. The molecule has 4 N–H and O–H groups in total. The molecule has 0 aromatic heterocycles. The number of hydrogen-bond acceptors (Lipinski definition) is 2. The van der Waals surface area contributed by atoms with Crippen molar-refractivity contribution in [1.82, 2.24) is 10.6 Å². The summed E-state index contributed by atoms with van der Waals surface area (Å²) in [5, 5.41) is 14.7. The molecule has 0 saturated carbocycles. The van der Waals surface area contributed by atoms with E-state index in [2.05, 4.69) is 60.2 Å². The first-order chi connectivity index (χ1) is 17.1. The van der Waals surface area contributed by atoms with E-state index in [4.69, 9.17) is 24.4 Å². The number of anilines is 2. The van der Waals surface area contributed by atoms with Gasteiger partial charge < -0.3 is 21.3 Å². The fraction of sp³-hybridized carbons (Fsp3) is 0.724. The predicted molar refractivity (Wildman–Crippen MR) is 165 cm³/mol. The van der Waals surface area contributed by atoms with Gasteiger partial charge in [-0.2, -0.15) is 0 Å². The highest BCUT2D eigenvalue weighted by molar-refractivity contribution is 7.80. The Morgan fingerprint density at radius 1 is 0.600 bits per heavy atom. The van der Waals surface area contributed by atoms with Gasteiger partial charge in [0, 0.05) is 24.5 Å². The number of benzene rings is 1. The summed E-state index contributed by atoms with van der Waals surface area (Å²) in [5.41, 5.74) is 3.14. The molecule has 0 aliphatic rings. The molecule has 0 heterocycles. The zero-order valence-electron chi connectivity index (χ0n) is 22.8. The molecule has 0 fully saturated rings. The second-order valence-electron chi connectivity index (χ2n) is 9.74. The maximum Gasteiger partial charge on any atom is 0.170 e. The molecule has 0 radical (unpaired) electrons. The molecule has 200 valence electrons. The van der Waals surface area contributed by atoms with Crippen LogP contribution >= 0.6 is 24.4 Å². The molecule has 0 saturated heterocycles. The lowest BCUT2D eigenvalue weighted by molar-refractivity contribution is 0.573. The Morgan fingerprint density at radius 3 is 1.51 bits per heavy atom. The van der Waals surface area contributed by atoms with Gasteiger partial charge in [0.1, 0.15) is 0 Å². The summed E-state index contributed by atoms with van der Waals surface area (Å²) in [6, 6.07) is 6.22. The van der Waals surface area contributed by atoms with Gasteiger partial charge in [-0.05, 0) is 61.9 Å². The third kappa shape index (κ3) is 17.6. The maximum atomic E-state index is 5.52. The van der Waals surface area contributed by atoms with Gasteiger partial charge >= 0.3 is 0 Å². The lowest BCUT2D eigenvalue weighted by Crippen LogP contribution is -2.30. The Labute approximate surface area is 227 Å². The number of hydrogen-bond donors (Lipinski definition) is 4. The molecule has 0 amide bonds. The van der Waals surface area contributed by atoms with E-state index in [9.17, 15) is 0 Å². The molecular weight excluding hydrogens is 468 g/mol. The van der Waals surface area contributed by atoms with E-state index in [1.807, 2.05) is 0 Å². The highest BCUT2D eigenvalue weighted by Gasteiger charge is 2.05. The smallest absolute Gasteiger partial charge is 0.170 e. The van der Waals surface area contributed by atoms with Crippen LogP contribution in [0.2, 0.25) is 0 Å². The Kier molecular flexibility index (Phi) is 19.7. The van der Waals surface area contributed by atoms with Gasteiger partial charge in [0.15, 0.2) is 10.2 Å². The van der Waals surface area contributed by atoms with Gasteiger partial charge in [0.05, 0.1) is 0 Å². The van der Waals surface area contributed by atoms with Gasteiger partial charge in [-0.1, -0.05) is 110 Å². The van der Waals surface area contributed by atoms with Crippen LogP contribution in [0.25, 0.3) is 0 Å². The van der Waals surface area contributed by atoms with Crippen LogP contribution in [-0.2, 0) is 0 Å². The Bertz CT molecular complexity index is 693. The molecule has 0 spiro atoms. The molecule has 35 heavy (non-hydrogen) atoms. The Balaban J connectivity index is 2.21. The Hall–Kier alpha value is -1.40. The van der Waals surface area contributed by atoms with Crippen LogP contribution in [0.5, 0.6) is 0 Å². The number of aryl methyl sites for hydroxylation is 1. The molecule has 0 unspecified atom stereocenters. The first-order valence-electron chi connectivity index (χ1n) is 14.3. The number of unbranched alkanes of at least 4 members (excludes halogenated alkanes) is 14. The summed E-state index contributed by atoms with van der Waals surface area (Å²) in [5.74, 6) is 0. The number of nitrogens with one attached hydrogen (secondary N) is 4. The van der Waals surface area contributed by atoms with Crippen molar-refractivity contribution < 1.29 is 0 Å². The van der Waals surface area contributed by atoms with Crippen LogP contribution in [0.4, 0.5) is 11.4 Å². The minimum atomic E-state index is 0.679. The van der Waals surface area contributed by atoms with Crippen molar-refractivity contribution in [1.29, 1.82) is 0 Å². The summed E-state index contributed by atoms with van der Waals surface area (Å²) in [6.07, 6.45) is 21.1. The second kappa shape index (κ2) is 21.8. The third-order valence-electron chi connectivity index (χ3n) is 6.38. The van der Waals surface area contributed by atoms with Crippen LogP contribution in [0.3, 0.4) is 0 Å². The Morgan fingerprint density at radius 2 is 1.03 bits per heavy atom. The average molecular weight is 521 g/mol. The van der Waals surface area contributed by atoms with Crippen LogP contribution in [0.15, 0.2) is 18.2 Å². The lowest BCUT2D eigenvalue weighted by atomic mass is 10.1. The van der Waals surface area contributed by atoms with Crippen molar-refractivity contribution in [3.05, 3.63) is 23.8 Å². The van der Waals surface area contributed by atoms with E-state index >= 15 is 0 Å². The predicted octanol–water partition coefficient (Wildman–Crippen LogP) is 8.85. The normalized spacial score (nSPS) is 10.7. The van der Waals surface area contributed by atoms with Crippen molar-refractivity contribution >= 4 is 46.0 Å². The summed E-state index contributed by atoms with van der Waals surface area (Å²) in [6.45, 7) is 8.46. The molecule has 0 aliphatic carbocycles. The topological polar surface area (TPSA) is 48.1 Å². The minimum absolute atomic E-state index is 0.679. The fourth-order valence-electron chi connectivity index (χ4n) is 4.10. The van der Waals surface area contributed by atoms with Crippen LogP contribution < -0.4 is 21.3 Å². The van der Waals surface area contributed by atoms with E-state index in [0.29, 0.717) is 10.2 Å². The van der Waals surface area contributed by atoms with Crippen molar-refractivity contribution in [2.45, 2.75) is 124 Å². The molecule has 1 rings (SSSR count). The van der Waals surface area contributed by atoms with Crippen molar-refractivity contribution in [3.8, 4) is 0 Å². The lowest BCUT2D eigenvalue weighted by Gasteiger charge is -2.15. The summed E-state index contributed by atoms with van der Waals surface area (Å²) < 4.78 is 0. The van der Waals surface area contributed by atoms with E-state index in [-0.39, 0.29) is 0 Å². The standard InChI is InChI=1S/C29H52N4S2/c1-4-6-8-10-12-14-16-18-22-30-28(34)32-26-21-20-25(3)27(24-26)33-29(35)31-23-19-17-15-13-11-9-7-5-2/h20-21,24H,4-19,22-23H2,1-3H3,(H2,30,32,34)(H2,31,33,35). The molecule has 6 heteroatoms. The van der Waals surface area contributed by atoms with Crippen molar-refractivity contribution in [3.63, 3.8) is 0 Å². The number of rotatable bonds is 20. The van der Waals surface area contributed by atoms with Crippen LogP contribution in [0, 0.1) is 6.92 Å². The van der Waals surface area contributed by atoms with Gasteiger partial charge in [0.25, 0.3) is 0 Å². The quantitative estimate of drug-likeness (QED) is 0.102. The van der Waals surface area contributed by atoms with Crippen LogP contribution in [-0.4, -0.2) is 23.3 Å². The SMILES string of the molecule is CCCCCCCCCCNC(=S)Nc1ccc(C)c(NC(=S)NCCCCCCCCCC)c1. The zero-order chi connectivity index (χ0) is 25.6. The van der Waals surface area contributed by atoms with E-state index in [1.165, 1.54) is 89.9 Å². The van der Waals surface area contributed by atoms with Crippen LogP contribution in [0.1, 0.15) is 122 Å². The van der Waals surface area contributed by atoms with Crippen molar-refractivity contribution in [2.75, 3.05) is 23.7 Å². The highest BCUT2D eigenvalue weighted by Crippen LogP contribution is 2.20. The fourth-order valence-corrected chi connectivity index (χ4v) is 4.53. The van der Waals surface area contributed by atoms with Gasteiger partial charge in [-0.15, -0.1) is 0 Å². The molecule has 0 aliphatic heterocycles. The third-order valence-corrected chi connectivity index (χ3v) is 6.87. The second-order valence-corrected chi connectivity index (χ2v) is 10.6. The first-order valence-corrected chi connectivity index (χ1v) is 15.1.